The van der Waals surface area contributed by atoms with Crippen LogP contribution in [0, 0.1) is 5.92 Å². The molecule has 1 atom stereocenters. The Bertz CT molecular complexity index is 600. The quantitative estimate of drug-likeness (QED) is 0.800. The maximum Gasteiger partial charge on any atom is 0.306 e. The van der Waals surface area contributed by atoms with Gasteiger partial charge in [-0.1, -0.05) is 5.21 Å². The number of aliphatic carboxylic acids is 1. The number of carboxylic acids is 1. The van der Waals surface area contributed by atoms with Gasteiger partial charge in [-0.15, -0.1) is 5.10 Å². The molecule has 0 spiro atoms. The maximum atomic E-state index is 11.0. The molecule has 1 aliphatic carbocycles. The van der Waals surface area contributed by atoms with Gasteiger partial charge in [-0.2, -0.15) is 0 Å². The van der Waals surface area contributed by atoms with E-state index in [0.717, 1.165) is 11.4 Å². The first-order valence-electron chi connectivity index (χ1n) is 5.80. The molecule has 2 aromatic heterocycles. The lowest BCUT2D eigenvalue weighted by molar-refractivity contribution is -0.142. The van der Waals surface area contributed by atoms with Gasteiger partial charge in [-0.3, -0.25) is 9.48 Å². The minimum atomic E-state index is -0.740. The van der Waals surface area contributed by atoms with E-state index in [2.05, 4.69) is 20.3 Å². The third-order valence-corrected chi connectivity index (χ3v) is 3.24. The Morgan fingerprint density at radius 3 is 3.11 bits per heavy atom. The Hall–Kier alpha value is -2.18. The van der Waals surface area contributed by atoms with Gasteiger partial charge in [-0.25, -0.2) is 4.98 Å². The van der Waals surface area contributed by atoms with E-state index in [1.54, 1.807) is 17.9 Å². The van der Waals surface area contributed by atoms with E-state index in [1.807, 2.05) is 0 Å². The SMILES string of the molecule is Cn1cc(-c2nc3c([nH]2)CC(C(=O)O)CC3)nn1. The van der Waals surface area contributed by atoms with Gasteiger partial charge in [0.25, 0.3) is 0 Å². The van der Waals surface area contributed by atoms with Crippen LogP contribution < -0.4 is 0 Å². The molecule has 0 amide bonds. The highest BCUT2D eigenvalue weighted by atomic mass is 16.4. The minimum Gasteiger partial charge on any atom is -0.481 e. The first-order valence-corrected chi connectivity index (χ1v) is 5.80. The molecule has 18 heavy (non-hydrogen) atoms. The predicted molar refractivity (Wildman–Crippen MR) is 61.7 cm³/mol. The van der Waals surface area contributed by atoms with Crippen molar-refractivity contribution in [1.29, 1.82) is 0 Å². The summed E-state index contributed by atoms with van der Waals surface area (Å²) in [5.74, 6) is -0.386. The molecule has 2 aromatic rings. The second-order valence-corrected chi connectivity index (χ2v) is 4.57. The summed E-state index contributed by atoms with van der Waals surface area (Å²) in [6, 6.07) is 0. The summed E-state index contributed by atoms with van der Waals surface area (Å²) in [4.78, 5) is 18.6. The third kappa shape index (κ3) is 1.77. The minimum absolute atomic E-state index is 0.312. The van der Waals surface area contributed by atoms with Crippen molar-refractivity contribution in [2.75, 3.05) is 0 Å². The van der Waals surface area contributed by atoms with Crippen molar-refractivity contribution in [3.05, 3.63) is 17.6 Å². The molecule has 3 rings (SSSR count). The molecule has 0 bridgehead atoms. The van der Waals surface area contributed by atoms with Crippen LogP contribution >= 0.6 is 0 Å². The highest BCUT2D eigenvalue weighted by molar-refractivity contribution is 5.70. The second-order valence-electron chi connectivity index (χ2n) is 4.57. The van der Waals surface area contributed by atoms with Gasteiger partial charge in [0.15, 0.2) is 5.82 Å². The summed E-state index contributed by atoms with van der Waals surface area (Å²) in [5.41, 5.74) is 2.54. The lowest BCUT2D eigenvalue weighted by atomic mass is 9.90. The van der Waals surface area contributed by atoms with Crippen LogP contribution in [0.3, 0.4) is 0 Å². The monoisotopic (exact) mass is 247 g/mol. The molecule has 0 radical (unpaired) electrons. The number of rotatable bonds is 2. The van der Waals surface area contributed by atoms with E-state index in [0.29, 0.717) is 30.8 Å². The zero-order valence-corrected chi connectivity index (χ0v) is 9.92. The number of imidazole rings is 1. The number of H-pyrrole nitrogens is 1. The molecular formula is C11H13N5O2. The van der Waals surface area contributed by atoms with E-state index in [4.69, 9.17) is 5.11 Å². The summed E-state index contributed by atoms with van der Waals surface area (Å²) in [7, 11) is 1.79. The lowest BCUT2D eigenvalue weighted by Gasteiger charge is -2.16. The zero-order valence-electron chi connectivity index (χ0n) is 9.92. The van der Waals surface area contributed by atoms with Gasteiger partial charge in [0.2, 0.25) is 0 Å². The number of nitrogens with one attached hydrogen (secondary N) is 1. The van der Waals surface area contributed by atoms with Gasteiger partial charge in [0.1, 0.15) is 5.69 Å². The van der Waals surface area contributed by atoms with Crippen molar-refractivity contribution in [3.63, 3.8) is 0 Å². The molecular weight excluding hydrogens is 234 g/mol. The fourth-order valence-corrected chi connectivity index (χ4v) is 2.27. The summed E-state index contributed by atoms with van der Waals surface area (Å²) in [6.07, 6.45) is 3.63. The molecule has 1 aliphatic rings. The first-order chi connectivity index (χ1) is 8.63. The number of aromatic amines is 1. The van der Waals surface area contributed by atoms with Gasteiger partial charge >= 0.3 is 5.97 Å². The first kappa shape index (κ1) is 10.9. The highest BCUT2D eigenvalue weighted by Gasteiger charge is 2.27. The molecule has 94 valence electrons. The molecule has 0 fully saturated rings. The van der Waals surface area contributed by atoms with E-state index in [1.165, 1.54) is 0 Å². The fourth-order valence-electron chi connectivity index (χ4n) is 2.27. The molecule has 2 heterocycles. The Kier molecular flexibility index (Phi) is 2.39. The van der Waals surface area contributed by atoms with E-state index in [9.17, 15) is 4.79 Å². The van der Waals surface area contributed by atoms with Crippen molar-refractivity contribution in [3.8, 4) is 11.5 Å². The molecule has 7 heteroatoms. The molecule has 2 N–H and O–H groups in total. The molecule has 0 saturated heterocycles. The second kappa shape index (κ2) is 3.94. The number of carboxylic acid groups (broad SMARTS) is 1. The van der Waals surface area contributed by atoms with E-state index in [-0.39, 0.29) is 5.92 Å². The normalized spacial score (nSPS) is 18.6. The average molecular weight is 247 g/mol. The van der Waals surface area contributed by atoms with Crippen molar-refractivity contribution in [1.82, 2.24) is 25.0 Å². The number of aryl methyl sites for hydroxylation is 2. The predicted octanol–water partition coefficient (Wildman–Crippen LogP) is 0.395. The van der Waals surface area contributed by atoms with Crippen LogP contribution in [0.1, 0.15) is 17.8 Å². The van der Waals surface area contributed by atoms with Crippen LogP contribution in [-0.2, 0) is 24.7 Å². The van der Waals surface area contributed by atoms with Crippen LogP contribution in [0.5, 0.6) is 0 Å². The van der Waals surface area contributed by atoms with Crippen LogP contribution in [0.4, 0.5) is 0 Å². The fraction of sp³-hybridized carbons (Fsp3) is 0.455. The number of hydrogen-bond donors (Lipinski definition) is 2. The summed E-state index contributed by atoms with van der Waals surface area (Å²) >= 11 is 0. The summed E-state index contributed by atoms with van der Waals surface area (Å²) < 4.78 is 1.61. The molecule has 0 saturated carbocycles. The number of hydrogen-bond acceptors (Lipinski definition) is 4. The van der Waals surface area contributed by atoms with Gasteiger partial charge in [0, 0.05) is 19.2 Å². The van der Waals surface area contributed by atoms with Gasteiger partial charge in [-0.05, 0) is 12.8 Å². The van der Waals surface area contributed by atoms with Crippen molar-refractivity contribution in [2.45, 2.75) is 19.3 Å². The Labute approximate surface area is 103 Å². The van der Waals surface area contributed by atoms with Crippen LogP contribution in [-0.4, -0.2) is 36.0 Å². The molecule has 0 aromatic carbocycles. The standard InChI is InChI=1S/C11H13N5O2/c1-16-5-9(14-15-16)10-12-7-3-2-6(11(17)18)4-8(7)13-10/h5-6H,2-4H2,1H3,(H,12,13)(H,17,18). The smallest absolute Gasteiger partial charge is 0.306 e. The van der Waals surface area contributed by atoms with E-state index < -0.39 is 5.97 Å². The van der Waals surface area contributed by atoms with Crippen molar-refractivity contribution in [2.24, 2.45) is 13.0 Å². The number of carbonyl (C=O) groups is 1. The lowest BCUT2D eigenvalue weighted by Crippen LogP contribution is -2.22. The van der Waals surface area contributed by atoms with E-state index >= 15 is 0 Å². The van der Waals surface area contributed by atoms with Crippen molar-refractivity contribution >= 4 is 5.97 Å². The van der Waals surface area contributed by atoms with Gasteiger partial charge < -0.3 is 10.1 Å². The third-order valence-electron chi connectivity index (χ3n) is 3.24. The maximum absolute atomic E-state index is 11.0. The topological polar surface area (TPSA) is 96.7 Å². The molecule has 0 aliphatic heterocycles. The molecule has 7 nitrogen and oxygen atoms in total. The van der Waals surface area contributed by atoms with Gasteiger partial charge in [0.05, 0.1) is 17.8 Å². The largest absolute Gasteiger partial charge is 0.481 e. The van der Waals surface area contributed by atoms with Crippen LogP contribution in [0.2, 0.25) is 0 Å². The Morgan fingerprint density at radius 1 is 1.61 bits per heavy atom. The van der Waals surface area contributed by atoms with Crippen molar-refractivity contribution < 1.29 is 9.90 Å². The van der Waals surface area contributed by atoms with Crippen LogP contribution in [0.25, 0.3) is 11.5 Å². The molecule has 1 unspecified atom stereocenters. The summed E-state index contributed by atoms with van der Waals surface area (Å²) in [5, 5.41) is 16.9. The van der Waals surface area contributed by atoms with Crippen LogP contribution in [0.15, 0.2) is 6.20 Å². The highest BCUT2D eigenvalue weighted by Crippen LogP contribution is 2.26. The Morgan fingerprint density at radius 2 is 2.44 bits per heavy atom. The number of fused-ring (bicyclic) bond motifs is 1. The zero-order chi connectivity index (χ0) is 12.7. The number of nitrogens with zero attached hydrogens (tertiary/aromatic N) is 4. The Balaban J connectivity index is 1.91. The average Bonchev–Trinajstić information content (AvgIpc) is 2.93. The summed E-state index contributed by atoms with van der Waals surface area (Å²) in [6.45, 7) is 0. The number of aromatic nitrogens is 5.